The van der Waals surface area contributed by atoms with Gasteiger partial charge in [0, 0.05) is 12.1 Å². The van der Waals surface area contributed by atoms with Crippen molar-refractivity contribution in [1.29, 1.82) is 0 Å². The van der Waals surface area contributed by atoms with Crippen LogP contribution in [-0.4, -0.2) is 9.97 Å². The molecule has 0 atom stereocenters. The number of hydrogen-bond donors (Lipinski definition) is 1. The topological polar surface area (TPSA) is 61.0 Å². The quantitative estimate of drug-likeness (QED) is 0.794. The van der Waals surface area contributed by atoms with Crippen molar-refractivity contribution in [3.63, 3.8) is 0 Å². The molecule has 0 spiro atoms. The highest BCUT2D eigenvalue weighted by atomic mass is 32.1. The van der Waals surface area contributed by atoms with Gasteiger partial charge in [0.2, 0.25) is 5.88 Å². The van der Waals surface area contributed by atoms with E-state index < -0.39 is 0 Å². The molecule has 0 unspecified atom stereocenters. The summed E-state index contributed by atoms with van der Waals surface area (Å²) in [4.78, 5) is 8.51. The second-order valence-corrected chi connectivity index (χ2v) is 5.07. The molecule has 0 fully saturated rings. The lowest BCUT2D eigenvalue weighted by Gasteiger charge is -2.09. The molecule has 0 aliphatic rings. The minimum atomic E-state index is 0.438. The summed E-state index contributed by atoms with van der Waals surface area (Å²) < 4.78 is 6.87. The third-order valence-corrected chi connectivity index (χ3v) is 3.97. The van der Waals surface area contributed by atoms with Crippen LogP contribution < -0.4 is 10.5 Å². The van der Waals surface area contributed by atoms with Crippen LogP contribution in [0.1, 0.15) is 11.1 Å². The molecule has 0 bridgehead atoms. The third kappa shape index (κ3) is 2.18. The summed E-state index contributed by atoms with van der Waals surface area (Å²) in [5.41, 5.74) is 8.75. The molecule has 19 heavy (non-hydrogen) atoms. The minimum Gasteiger partial charge on any atom is -0.437 e. The van der Waals surface area contributed by atoms with Crippen LogP contribution in [-0.2, 0) is 6.54 Å². The SMILES string of the molecule is Cc1csc2c(Oc3ccccc3CN)ncnc12. The molecule has 4 nitrogen and oxygen atoms in total. The van der Waals surface area contributed by atoms with Gasteiger partial charge in [-0.2, -0.15) is 0 Å². The molecule has 0 saturated heterocycles. The zero-order chi connectivity index (χ0) is 13.2. The fourth-order valence-corrected chi connectivity index (χ4v) is 2.82. The van der Waals surface area contributed by atoms with Gasteiger partial charge in [0.05, 0.1) is 5.52 Å². The van der Waals surface area contributed by atoms with Crippen LogP contribution >= 0.6 is 11.3 Å². The van der Waals surface area contributed by atoms with Crippen LogP contribution in [0.4, 0.5) is 0 Å². The second-order valence-electron chi connectivity index (χ2n) is 4.19. The summed E-state index contributed by atoms with van der Waals surface area (Å²) >= 11 is 1.59. The van der Waals surface area contributed by atoms with Crippen LogP contribution in [0.3, 0.4) is 0 Å². The van der Waals surface area contributed by atoms with Crippen LogP contribution in [0.2, 0.25) is 0 Å². The summed E-state index contributed by atoms with van der Waals surface area (Å²) in [5.74, 6) is 1.33. The van der Waals surface area contributed by atoms with Gasteiger partial charge in [0.25, 0.3) is 0 Å². The number of thiophene rings is 1. The Hall–Kier alpha value is -1.98. The third-order valence-electron chi connectivity index (χ3n) is 2.90. The fraction of sp³-hybridized carbons (Fsp3) is 0.143. The first-order valence-corrected chi connectivity index (χ1v) is 6.82. The highest BCUT2D eigenvalue weighted by Crippen LogP contribution is 2.33. The summed E-state index contributed by atoms with van der Waals surface area (Å²) in [5, 5.41) is 2.06. The van der Waals surface area contributed by atoms with Gasteiger partial charge in [-0.1, -0.05) is 18.2 Å². The molecule has 1 aromatic carbocycles. The molecule has 2 N–H and O–H groups in total. The van der Waals surface area contributed by atoms with Gasteiger partial charge in [-0.25, -0.2) is 9.97 Å². The van der Waals surface area contributed by atoms with E-state index in [1.807, 2.05) is 31.2 Å². The summed E-state index contributed by atoms with van der Waals surface area (Å²) in [6.45, 7) is 2.47. The van der Waals surface area contributed by atoms with Crippen molar-refractivity contribution in [1.82, 2.24) is 9.97 Å². The monoisotopic (exact) mass is 271 g/mol. The van der Waals surface area contributed by atoms with E-state index in [1.165, 1.54) is 6.33 Å². The molecule has 2 aromatic heterocycles. The Morgan fingerprint density at radius 2 is 2.11 bits per heavy atom. The normalized spacial score (nSPS) is 10.8. The average molecular weight is 271 g/mol. The molecule has 2 heterocycles. The van der Waals surface area contributed by atoms with E-state index in [2.05, 4.69) is 15.3 Å². The number of aromatic nitrogens is 2. The Morgan fingerprint density at radius 1 is 1.26 bits per heavy atom. The lowest BCUT2D eigenvalue weighted by Crippen LogP contribution is -1.99. The van der Waals surface area contributed by atoms with Crippen molar-refractivity contribution >= 4 is 21.6 Å². The van der Waals surface area contributed by atoms with Crippen molar-refractivity contribution in [2.75, 3.05) is 0 Å². The number of fused-ring (bicyclic) bond motifs is 1. The zero-order valence-corrected chi connectivity index (χ0v) is 11.3. The Bertz CT molecular complexity index is 724. The van der Waals surface area contributed by atoms with E-state index in [4.69, 9.17) is 10.5 Å². The number of nitrogens with two attached hydrogens (primary N) is 1. The molecule has 0 amide bonds. The van der Waals surface area contributed by atoms with Crippen LogP contribution in [0.25, 0.3) is 10.2 Å². The summed E-state index contributed by atoms with van der Waals surface area (Å²) in [7, 11) is 0. The number of ether oxygens (including phenoxy) is 1. The van der Waals surface area contributed by atoms with Crippen molar-refractivity contribution in [3.05, 3.63) is 47.1 Å². The molecule has 3 aromatic rings. The molecule has 5 heteroatoms. The Balaban J connectivity index is 2.06. The van der Waals surface area contributed by atoms with Gasteiger partial charge < -0.3 is 10.5 Å². The first kappa shape index (κ1) is 12.1. The van der Waals surface area contributed by atoms with Crippen molar-refractivity contribution < 1.29 is 4.74 Å². The summed E-state index contributed by atoms with van der Waals surface area (Å²) in [6.07, 6.45) is 1.53. The van der Waals surface area contributed by atoms with E-state index in [9.17, 15) is 0 Å². The standard InChI is InChI=1S/C14H13N3OS/c1-9-7-19-13-12(9)16-8-17-14(13)18-11-5-3-2-4-10(11)6-15/h2-5,7-8H,6,15H2,1H3. The van der Waals surface area contributed by atoms with Crippen LogP contribution in [0.15, 0.2) is 36.0 Å². The van der Waals surface area contributed by atoms with Gasteiger partial charge in [-0.15, -0.1) is 11.3 Å². The first-order chi connectivity index (χ1) is 9.29. The van der Waals surface area contributed by atoms with Gasteiger partial charge in [-0.05, 0) is 23.9 Å². The number of benzene rings is 1. The minimum absolute atomic E-state index is 0.438. The molecule has 0 aliphatic carbocycles. The number of aryl methyl sites for hydroxylation is 1. The highest BCUT2D eigenvalue weighted by molar-refractivity contribution is 7.17. The molecule has 96 valence electrons. The van der Waals surface area contributed by atoms with Gasteiger partial charge in [0.15, 0.2) is 0 Å². The molecular weight excluding hydrogens is 258 g/mol. The van der Waals surface area contributed by atoms with Gasteiger partial charge in [-0.3, -0.25) is 0 Å². The fourth-order valence-electron chi connectivity index (χ4n) is 1.90. The zero-order valence-electron chi connectivity index (χ0n) is 10.5. The van der Waals surface area contributed by atoms with E-state index >= 15 is 0 Å². The maximum absolute atomic E-state index is 5.91. The van der Waals surface area contributed by atoms with Crippen molar-refractivity contribution in [2.45, 2.75) is 13.5 Å². The van der Waals surface area contributed by atoms with E-state index in [1.54, 1.807) is 11.3 Å². The van der Waals surface area contributed by atoms with Gasteiger partial charge >= 0.3 is 0 Å². The number of para-hydroxylation sites is 1. The van der Waals surface area contributed by atoms with Crippen molar-refractivity contribution in [2.24, 2.45) is 5.73 Å². The Morgan fingerprint density at radius 3 is 2.95 bits per heavy atom. The van der Waals surface area contributed by atoms with Crippen LogP contribution in [0.5, 0.6) is 11.6 Å². The summed E-state index contributed by atoms with van der Waals surface area (Å²) in [6, 6.07) is 7.72. The molecule has 0 radical (unpaired) electrons. The van der Waals surface area contributed by atoms with E-state index in [0.29, 0.717) is 12.4 Å². The lowest BCUT2D eigenvalue weighted by atomic mass is 10.2. The van der Waals surface area contributed by atoms with Gasteiger partial charge in [0.1, 0.15) is 16.8 Å². The van der Waals surface area contributed by atoms with Crippen LogP contribution in [0, 0.1) is 6.92 Å². The van der Waals surface area contributed by atoms with E-state index in [0.717, 1.165) is 27.1 Å². The smallest absolute Gasteiger partial charge is 0.240 e. The van der Waals surface area contributed by atoms with E-state index in [-0.39, 0.29) is 0 Å². The van der Waals surface area contributed by atoms with Crippen molar-refractivity contribution in [3.8, 4) is 11.6 Å². The first-order valence-electron chi connectivity index (χ1n) is 5.94. The number of nitrogens with zero attached hydrogens (tertiary/aromatic N) is 2. The largest absolute Gasteiger partial charge is 0.437 e. The predicted octanol–water partition coefficient (Wildman–Crippen LogP) is 3.25. The number of rotatable bonds is 3. The molecule has 0 aliphatic heterocycles. The lowest BCUT2D eigenvalue weighted by molar-refractivity contribution is 0.463. The number of hydrogen-bond acceptors (Lipinski definition) is 5. The maximum atomic E-state index is 5.91. The predicted molar refractivity (Wildman–Crippen MR) is 76.6 cm³/mol. The molecule has 0 saturated carbocycles. The Labute approximate surface area is 114 Å². The highest BCUT2D eigenvalue weighted by Gasteiger charge is 2.11. The Kier molecular flexibility index (Phi) is 3.15. The molecular formula is C14H13N3OS. The average Bonchev–Trinajstić information content (AvgIpc) is 2.82. The second kappa shape index (κ2) is 4.95. The molecule has 3 rings (SSSR count). The maximum Gasteiger partial charge on any atom is 0.240 e.